The second-order valence-electron chi connectivity index (χ2n) is 7.75. The van der Waals surface area contributed by atoms with Crippen LogP contribution in [0, 0.1) is 0 Å². The molecule has 0 unspecified atom stereocenters. The van der Waals surface area contributed by atoms with E-state index >= 15 is 0 Å². The SMILES string of the molecule is CC(=O)N1CCN(Cc2ccccc2NC(=O)c2ccc3c(c2)CCC=C3)CC1. The molecule has 1 saturated heterocycles. The monoisotopic (exact) mass is 389 g/mol. The average molecular weight is 389 g/mol. The van der Waals surface area contributed by atoms with Crippen molar-refractivity contribution in [2.45, 2.75) is 26.3 Å². The number of aryl methyl sites for hydroxylation is 1. The van der Waals surface area contributed by atoms with E-state index in [1.165, 1.54) is 11.1 Å². The third kappa shape index (κ3) is 4.57. The molecule has 1 heterocycles. The minimum Gasteiger partial charge on any atom is -0.340 e. The summed E-state index contributed by atoms with van der Waals surface area (Å²) in [5, 5.41) is 3.10. The van der Waals surface area contributed by atoms with Gasteiger partial charge in [-0.2, -0.15) is 0 Å². The number of rotatable bonds is 4. The summed E-state index contributed by atoms with van der Waals surface area (Å²) < 4.78 is 0. The first-order chi connectivity index (χ1) is 14.1. The quantitative estimate of drug-likeness (QED) is 0.870. The lowest BCUT2D eigenvalue weighted by atomic mass is 9.95. The zero-order valence-corrected chi connectivity index (χ0v) is 16.9. The third-order valence-electron chi connectivity index (χ3n) is 5.76. The highest BCUT2D eigenvalue weighted by atomic mass is 16.2. The highest BCUT2D eigenvalue weighted by Gasteiger charge is 2.20. The minimum atomic E-state index is -0.0730. The van der Waals surface area contributed by atoms with E-state index in [9.17, 15) is 9.59 Å². The Kier molecular flexibility index (Phi) is 5.76. The summed E-state index contributed by atoms with van der Waals surface area (Å²) in [7, 11) is 0. The molecule has 1 aliphatic carbocycles. The van der Waals surface area contributed by atoms with E-state index in [0.29, 0.717) is 5.56 Å². The van der Waals surface area contributed by atoms with Crippen LogP contribution in [0.1, 0.15) is 40.4 Å². The van der Waals surface area contributed by atoms with Crippen molar-refractivity contribution < 1.29 is 9.59 Å². The molecule has 2 aromatic carbocycles. The topological polar surface area (TPSA) is 52.7 Å². The number of hydrogen-bond donors (Lipinski definition) is 1. The predicted molar refractivity (Wildman–Crippen MR) is 116 cm³/mol. The number of nitrogens with zero attached hydrogens (tertiary/aromatic N) is 2. The first kappa shape index (κ1) is 19.4. The molecule has 0 aromatic heterocycles. The van der Waals surface area contributed by atoms with Gasteiger partial charge in [0.25, 0.3) is 5.91 Å². The lowest BCUT2D eigenvalue weighted by Gasteiger charge is -2.34. The number of para-hydroxylation sites is 1. The number of carbonyl (C=O) groups excluding carboxylic acids is 2. The maximum atomic E-state index is 12.9. The fourth-order valence-electron chi connectivity index (χ4n) is 4.01. The van der Waals surface area contributed by atoms with Crippen LogP contribution >= 0.6 is 0 Å². The lowest BCUT2D eigenvalue weighted by molar-refractivity contribution is -0.130. The van der Waals surface area contributed by atoms with Crippen molar-refractivity contribution >= 4 is 23.6 Å². The normalized spacial score (nSPS) is 16.4. The molecular weight excluding hydrogens is 362 g/mol. The van der Waals surface area contributed by atoms with Crippen LogP contribution in [-0.4, -0.2) is 47.8 Å². The standard InChI is InChI=1S/C24H27N3O2/c1-18(28)27-14-12-26(13-15-27)17-22-8-4-5-9-23(22)25-24(29)21-11-10-19-6-2-3-7-20(19)16-21/h2,4-6,8-11,16H,3,7,12-15,17H2,1H3,(H,25,29). The van der Waals surface area contributed by atoms with Gasteiger partial charge in [-0.15, -0.1) is 0 Å². The Bertz CT molecular complexity index is 943. The molecule has 5 nitrogen and oxygen atoms in total. The highest BCUT2D eigenvalue weighted by Crippen LogP contribution is 2.23. The number of piperazine rings is 1. The summed E-state index contributed by atoms with van der Waals surface area (Å²) >= 11 is 0. The van der Waals surface area contributed by atoms with Crippen molar-refractivity contribution in [2.75, 3.05) is 31.5 Å². The second-order valence-corrected chi connectivity index (χ2v) is 7.75. The number of carbonyl (C=O) groups is 2. The number of hydrogen-bond acceptors (Lipinski definition) is 3. The molecule has 0 atom stereocenters. The maximum absolute atomic E-state index is 12.9. The van der Waals surface area contributed by atoms with Gasteiger partial charge in [0, 0.05) is 50.9 Å². The van der Waals surface area contributed by atoms with Gasteiger partial charge in [0.05, 0.1) is 0 Å². The van der Waals surface area contributed by atoms with E-state index in [-0.39, 0.29) is 11.8 Å². The molecule has 2 aromatic rings. The van der Waals surface area contributed by atoms with Crippen LogP contribution in [0.5, 0.6) is 0 Å². The first-order valence-electron chi connectivity index (χ1n) is 10.3. The van der Waals surface area contributed by atoms with Gasteiger partial charge in [0.15, 0.2) is 0 Å². The number of benzene rings is 2. The maximum Gasteiger partial charge on any atom is 0.255 e. The number of allylic oxidation sites excluding steroid dienone is 1. The third-order valence-corrected chi connectivity index (χ3v) is 5.76. The van der Waals surface area contributed by atoms with Gasteiger partial charge in [-0.05, 0) is 47.7 Å². The number of amides is 2. The van der Waals surface area contributed by atoms with Crippen LogP contribution in [-0.2, 0) is 17.8 Å². The smallest absolute Gasteiger partial charge is 0.255 e. The van der Waals surface area contributed by atoms with E-state index in [1.54, 1.807) is 6.92 Å². The Labute approximate surface area is 172 Å². The molecule has 1 N–H and O–H groups in total. The van der Waals surface area contributed by atoms with Gasteiger partial charge < -0.3 is 10.2 Å². The molecule has 1 fully saturated rings. The van der Waals surface area contributed by atoms with Gasteiger partial charge in [0.1, 0.15) is 0 Å². The molecule has 0 spiro atoms. The Morgan fingerprint density at radius 1 is 1.03 bits per heavy atom. The summed E-state index contributed by atoms with van der Waals surface area (Å²) in [6.45, 7) is 5.59. The molecular formula is C24H27N3O2. The molecule has 0 saturated carbocycles. The van der Waals surface area contributed by atoms with E-state index in [2.05, 4.69) is 28.4 Å². The van der Waals surface area contributed by atoms with Gasteiger partial charge in [-0.3, -0.25) is 14.5 Å². The van der Waals surface area contributed by atoms with Crippen LogP contribution in [0.25, 0.3) is 6.08 Å². The number of fused-ring (bicyclic) bond motifs is 1. The Hall–Kier alpha value is -2.92. The zero-order chi connectivity index (χ0) is 20.2. The van der Waals surface area contributed by atoms with E-state index in [0.717, 1.165) is 56.8 Å². The Balaban J connectivity index is 1.44. The van der Waals surface area contributed by atoms with Gasteiger partial charge >= 0.3 is 0 Å². The molecule has 29 heavy (non-hydrogen) atoms. The fourth-order valence-corrected chi connectivity index (χ4v) is 4.01. The van der Waals surface area contributed by atoms with Crippen molar-refractivity contribution in [2.24, 2.45) is 0 Å². The molecule has 4 rings (SSSR count). The summed E-state index contributed by atoms with van der Waals surface area (Å²) in [5.74, 6) is 0.0639. The van der Waals surface area contributed by atoms with Crippen LogP contribution in [0.15, 0.2) is 48.5 Å². The van der Waals surface area contributed by atoms with Crippen molar-refractivity contribution in [1.82, 2.24) is 9.80 Å². The van der Waals surface area contributed by atoms with Crippen molar-refractivity contribution in [3.05, 3.63) is 70.8 Å². The lowest BCUT2D eigenvalue weighted by Crippen LogP contribution is -2.47. The van der Waals surface area contributed by atoms with E-state index < -0.39 is 0 Å². The van der Waals surface area contributed by atoms with Crippen molar-refractivity contribution in [3.63, 3.8) is 0 Å². The summed E-state index contributed by atoms with van der Waals surface area (Å²) in [6, 6.07) is 13.9. The molecule has 150 valence electrons. The molecule has 0 bridgehead atoms. The molecule has 2 aliphatic rings. The average Bonchev–Trinajstić information content (AvgIpc) is 2.75. The van der Waals surface area contributed by atoms with E-state index in [4.69, 9.17) is 0 Å². The van der Waals surface area contributed by atoms with Crippen LogP contribution in [0.3, 0.4) is 0 Å². The van der Waals surface area contributed by atoms with Crippen LogP contribution in [0.4, 0.5) is 5.69 Å². The Morgan fingerprint density at radius 2 is 1.83 bits per heavy atom. The minimum absolute atomic E-state index is 0.0730. The molecule has 0 radical (unpaired) electrons. The predicted octanol–water partition coefficient (Wildman–Crippen LogP) is 3.56. The Morgan fingerprint density at radius 3 is 2.62 bits per heavy atom. The van der Waals surface area contributed by atoms with Crippen molar-refractivity contribution in [1.29, 1.82) is 0 Å². The molecule has 2 amide bonds. The summed E-state index contributed by atoms with van der Waals surface area (Å²) in [6.07, 6.45) is 6.31. The second kappa shape index (κ2) is 8.62. The number of nitrogens with one attached hydrogen (secondary N) is 1. The van der Waals surface area contributed by atoms with Crippen LogP contribution < -0.4 is 5.32 Å². The van der Waals surface area contributed by atoms with Gasteiger partial charge in [-0.1, -0.05) is 36.4 Å². The zero-order valence-electron chi connectivity index (χ0n) is 16.9. The largest absolute Gasteiger partial charge is 0.340 e. The number of anilines is 1. The summed E-state index contributed by atoms with van der Waals surface area (Å²) in [4.78, 5) is 28.6. The molecule has 1 aliphatic heterocycles. The van der Waals surface area contributed by atoms with Gasteiger partial charge in [-0.25, -0.2) is 0 Å². The highest BCUT2D eigenvalue weighted by molar-refractivity contribution is 6.05. The molecule has 5 heteroatoms. The van der Waals surface area contributed by atoms with E-state index in [1.807, 2.05) is 41.3 Å². The van der Waals surface area contributed by atoms with Crippen molar-refractivity contribution in [3.8, 4) is 0 Å². The fraction of sp³-hybridized carbons (Fsp3) is 0.333. The van der Waals surface area contributed by atoms with Gasteiger partial charge in [0.2, 0.25) is 5.91 Å². The van der Waals surface area contributed by atoms with Crippen LogP contribution in [0.2, 0.25) is 0 Å². The summed E-state index contributed by atoms with van der Waals surface area (Å²) in [5.41, 5.74) is 5.08. The first-order valence-corrected chi connectivity index (χ1v) is 10.3.